The van der Waals surface area contributed by atoms with E-state index in [0.717, 1.165) is 15.6 Å². The zero-order chi connectivity index (χ0) is 15.0. The topological polar surface area (TPSA) is 75.7 Å². The van der Waals surface area contributed by atoms with Gasteiger partial charge in [0.25, 0.3) is 0 Å². The molecule has 0 amide bonds. The normalized spacial score (nSPS) is 21.0. The third kappa shape index (κ3) is 2.21. The highest BCUT2D eigenvalue weighted by Gasteiger charge is 2.40. The number of rotatable bonds is 2. The van der Waals surface area contributed by atoms with E-state index in [2.05, 4.69) is 15.9 Å². The summed E-state index contributed by atoms with van der Waals surface area (Å²) in [6, 6.07) is 11.0. The fourth-order valence-corrected chi connectivity index (χ4v) is 3.32. The molecule has 1 atom stereocenters. The second-order valence-electron chi connectivity index (χ2n) is 5.10. The molecule has 2 aromatic carbocycles. The van der Waals surface area contributed by atoms with Crippen molar-refractivity contribution in [3.8, 4) is 11.5 Å². The van der Waals surface area contributed by atoms with Crippen LogP contribution in [0.4, 0.5) is 0 Å². The van der Waals surface area contributed by atoms with Gasteiger partial charge in [0.05, 0.1) is 6.61 Å². The lowest BCUT2D eigenvalue weighted by Crippen LogP contribution is -2.43. The Morgan fingerprint density at radius 1 is 1.24 bits per heavy atom. The Balaban J connectivity index is 2.25. The van der Waals surface area contributed by atoms with Crippen LogP contribution in [-0.4, -0.2) is 23.4 Å². The molecule has 2 aromatic rings. The summed E-state index contributed by atoms with van der Waals surface area (Å²) < 4.78 is 6.98. The second kappa shape index (κ2) is 5.33. The number of phenolic OH excluding ortho intramolecular Hbond substituents is 2. The average molecular weight is 350 g/mol. The van der Waals surface area contributed by atoms with E-state index < -0.39 is 5.60 Å². The van der Waals surface area contributed by atoms with E-state index in [-0.39, 0.29) is 18.0 Å². The van der Waals surface area contributed by atoms with Gasteiger partial charge in [-0.25, -0.2) is 0 Å². The van der Waals surface area contributed by atoms with Crippen molar-refractivity contribution in [2.45, 2.75) is 12.0 Å². The number of fused-ring (bicyclic) bond motifs is 1. The lowest BCUT2D eigenvalue weighted by Gasteiger charge is -2.39. The van der Waals surface area contributed by atoms with Crippen molar-refractivity contribution in [1.29, 1.82) is 0 Å². The number of ether oxygens (including phenoxy) is 1. The van der Waals surface area contributed by atoms with Crippen molar-refractivity contribution in [2.75, 3.05) is 13.2 Å². The van der Waals surface area contributed by atoms with E-state index >= 15 is 0 Å². The quantitative estimate of drug-likeness (QED) is 0.728. The molecule has 0 saturated carbocycles. The molecular weight excluding hydrogens is 334 g/mol. The van der Waals surface area contributed by atoms with Crippen LogP contribution in [0.3, 0.4) is 0 Å². The first-order chi connectivity index (χ1) is 10.1. The van der Waals surface area contributed by atoms with E-state index in [1.807, 2.05) is 24.3 Å². The molecule has 4 N–H and O–H groups in total. The van der Waals surface area contributed by atoms with Crippen molar-refractivity contribution >= 4 is 15.9 Å². The van der Waals surface area contributed by atoms with Crippen LogP contribution in [-0.2, 0) is 16.8 Å². The molecule has 4 nitrogen and oxygen atoms in total. The summed E-state index contributed by atoms with van der Waals surface area (Å²) in [5.41, 5.74) is 7.67. The van der Waals surface area contributed by atoms with Gasteiger partial charge < -0.3 is 20.7 Å². The van der Waals surface area contributed by atoms with E-state index in [1.54, 1.807) is 6.07 Å². The van der Waals surface area contributed by atoms with Gasteiger partial charge in [-0.3, -0.25) is 0 Å². The van der Waals surface area contributed by atoms with E-state index in [4.69, 9.17) is 10.5 Å². The van der Waals surface area contributed by atoms with Crippen LogP contribution in [0.25, 0.3) is 0 Å². The average Bonchev–Trinajstić information content (AvgIpc) is 2.50. The van der Waals surface area contributed by atoms with Gasteiger partial charge >= 0.3 is 0 Å². The van der Waals surface area contributed by atoms with Gasteiger partial charge in [0.2, 0.25) is 0 Å². The minimum absolute atomic E-state index is 0.0800. The Kier molecular flexibility index (Phi) is 3.65. The molecule has 3 rings (SSSR count). The summed E-state index contributed by atoms with van der Waals surface area (Å²) in [6.45, 7) is 0.689. The largest absolute Gasteiger partial charge is 0.504 e. The molecule has 0 bridgehead atoms. The third-order valence-corrected chi connectivity index (χ3v) is 4.47. The number of benzene rings is 2. The third-order valence-electron chi connectivity index (χ3n) is 3.98. The lowest BCUT2D eigenvalue weighted by molar-refractivity contribution is -0.0222. The monoisotopic (exact) mass is 349 g/mol. The summed E-state index contributed by atoms with van der Waals surface area (Å²) >= 11 is 3.46. The molecule has 1 aliphatic heterocycles. The van der Waals surface area contributed by atoms with E-state index in [9.17, 15) is 10.2 Å². The first kappa shape index (κ1) is 14.4. The van der Waals surface area contributed by atoms with Crippen molar-refractivity contribution in [1.82, 2.24) is 0 Å². The molecule has 1 aliphatic rings. The predicted molar refractivity (Wildman–Crippen MR) is 83.4 cm³/mol. The van der Waals surface area contributed by atoms with Gasteiger partial charge in [-0.15, -0.1) is 0 Å². The van der Waals surface area contributed by atoms with Crippen LogP contribution in [0.2, 0.25) is 0 Å². The Bertz CT molecular complexity index is 689. The summed E-state index contributed by atoms with van der Waals surface area (Å²) in [5, 5.41) is 19.8. The Morgan fingerprint density at radius 2 is 2.05 bits per heavy atom. The van der Waals surface area contributed by atoms with Crippen LogP contribution < -0.4 is 5.73 Å². The molecule has 0 aliphatic carbocycles. The molecule has 1 unspecified atom stereocenters. The van der Waals surface area contributed by atoms with Crippen molar-refractivity contribution in [3.63, 3.8) is 0 Å². The number of aromatic hydroxyl groups is 2. The van der Waals surface area contributed by atoms with Crippen LogP contribution in [0.15, 0.2) is 40.9 Å². The highest BCUT2D eigenvalue weighted by Crippen LogP contribution is 2.44. The van der Waals surface area contributed by atoms with E-state index in [1.165, 1.54) is 6.07 Å². The molecule has 1 heterocycles. The van der Waals surface area contributed by atoms with Crippen molar-refractivity contribution in [3.05, 3.63) is 57.6 Å². The van der Waals surface area contributed by atoms with Gasteiger partial charge in [-0.05, 0) is 29.3 Å². The van der Waals surface area contributed by atoms with Gasteiger partial charge in [0, 0.05) is 23.0 Å². The lowest BCUT2D eigenvalue weighted by atomic mass is 9.80. The minimum atomic E-state index is -0.803. The maximum atomic E-state index is 10.1. The van der Waals surface area contributed by atoms with Gasteiger partial charge in [-0.2, -0.15) is 0 Å². The highest BCUT2D eigenvalue weighted by atomic mass is 79.9. The molecule has 0 radical (unpaired) electrons. The Hall–Kier alpha value is -1.56. The van der Waals surface area contributed by atoms with E-state index in [0.29, 0.717) is 18.6 Å². The number of hydrogen-bond donors (Lipinski definition) is 3. The minimum Gasteiger partial charge on any atom is -0.504 e. The van der Waals surface area contributed by atoms with Crippen LogP contribution in [0.1, 0.15) is 16.7 Å². The maximum absolute atomic E-state index is 10.1. The molecule has 0 saturated heterocycles. The molecule has 0 fully saturated rings. The summed E-state index contributed by atoms with van der Waals surface area (Å²) in [4.78, 5) is 0. The molecule has 0 aromatic heterocycles. The Morgan fingerprint density at radius 3 is 2.76 bits per heavy atom. The number of hydrogen-bond acceptors (Lipinski definition) is 4. The first-order valence-electron chi connectivity index (χ1n) is 6.73. The number of phenols is 2. The summed E-state index contributed by atoms with van der Waals surface area (Å²) in [6.07, 6.45) is 0.547. The number of nitrogens with two attached hydrogens (primary N) is 1. The van der Waals surface area contributed by atoms with Gasteiger partial charge in [0.1, 0.15) is 5.60 Å². The zero-order valence-corrected chi connectivity index (χ0v) is 12.9. The molecule has 110 valence electrons. The SMILES string of the molecule is NCC1(c2cccc(Br)c2)OCCc2c1ccc(O)c2O. The smallest absolute Gasteiger partial charge is 0.161 e. The van der Waals surface area contributed by atoms with Crippen LogP contribution >= 0.6 is 15.9 Å². The summed E-state index contributed by atoms with van der Waals surface area (Å²) in [7, 11) is 0. The van der Waals surface area contributed by atoms with Crippen LogP contribution in [0.5, 0.6) is 11.5 Å². The molecule has 0 spiro atoms. The predicted octanol–water partition coefficient (Wildman–Crippen LogP) is 2.64. The fraction of sp³-hybridized carbons (Fsp3) is 0.250. The number of halogens is 1. The van der Waals surface area contributed by atoms with Crippen LogP contribution in [0, 0.1) is 0 Å². The molecule has 5 heteroatoms. The first-order valence-corrected chi connectivity index (χ1v) is 7.52. The van der Waals surface area contributed by atoms with Crippen molar-refractivity contribution in [2.24, 2.45) is 5.73 Å². The fourth-order valence-electron chi connectivity index (χ4n) is 2.93. The van der Waals surface area contributed by atoms with Crippen molar-refractivity contribution < 1.29 is 14.9 Å². The summed E-state index contributed by atoms with van der Waals surface area (Å²) in [5.74, 6) is -0.195. The molecule has 21 heavy (non-hydrogen) atoms. The highest BCUT2D eigenvalue weighted by molar-refractivity contribution is 9.10. The maximum Gasteiger partial charge on any atom is 0.161 e. The standard InChI is InChI=1S/C16H16BrNO3/c17-11-3-1-2-10(8-11)16(9-18)13-4-5-14(19)15(20)12(13)6-7-21-16/h1-5,8,19-20H,6-7,9,18H2. The van der Waals surface area contributed by atoms with Gasteiger partial charge in [0.15, 0.2) is 11.5 Å². The molecular formula is C16H16BrNO3. The zero-order valence-electron chi connectivity index (χ0n) is 11.3. The second-order valence-corrected chi connectivity index (χ2v) is 6.02. The van der Waals surface area contributed by atoms with Gasteiger partial charge in [-0.1, -0.05) is 34.1 Å². The Labute approximate surface area is 131 Å².